The number of rotatable bonds is 5. The van der Waals surface area contributed by atoms with Crippen molar-refractivity contribution in [2.75, 3.05) is 0 Å². The molecule has 0 aliphatic carbocycles. The number of carbonyl (C=O) groups excluding carboxylic acids is 1. The topological polar surface area (TPSA) is 43.1 Å². The fourth-order valence-corrected chi connectivity index (χ4v) is 1.67. The predicted octanol–water partition coefficient (Wildman–Crippen LogP) is 2.59. The molecule has 4 heteroatoms. The van der Waals surface area contributed by atoms with Crippen molar-refractivity contribution in [1.82, 2.24) is 0 Å². The van der Waals surface area contributed by atoms with Gasteiger partial charge in [-0.2, -0.15) is 0 Å². The molecule has 1 aromatic carbocycles. The van der Waals surface area contributed by atoms with Crippen molar-refractivity contribution in [2.45, 2.75) is 38.6 Å². The smallest absolute Gasteiger partial charge is 0.157 e. The van der Waals surface area contributed by atoms with E-state index in [0.717, 1.165) is 18.2 Å². The van der Waals surface area contributed by atoms with E-state index in [2.05, 4.69) is 0 Å². The number of halogens is 2. The van der Waals surface area contributed by atoms with Crippen LogP contribution in [0.4, 0.5) is 8.78 Å². The molecule has 1 aromatic rings. The number of ketones is 1. The minimum Gasteiger partial charge on any atom is -0.319 e. The summed E-state index contributed by atoms with van der Waals surface area (Å²) >= 11 is 0. The average molecular weight is 241 g/mol. The Kier molecular flexibility index (Phi) is 4.34. The molecule has 0 aromatic heterocycles. The second-order valence-corrected chi connectivity index (χ2v) is 4.20. The molecule has 94 valence electrons. The molecule has 0 amide bonds. The zero-order valence-corrected chi connectivity index (χ0v) is 10.1. The minimum atomic E-state index is -0.946. The number of nitrogens with two attached hydrogens (primary N) is 1. The van der Waals surface area contributed by atoms with Crippen molar-refractivity contribution in [3.05, 3.63) is 35.4 Å². The third-order valence-corrected chi connectivity index (χ3v) is 3.18. The van der Waals surface area contributed by atoms with Gasteiger partial charge in [0, 0.05) is 6.42 Å². The van der Waals surface area contributed by atoms with Gasteiger partial charge in [0.25, 0.3) is 0 Å². The summed E-state index contributed by atoms with van der Waals surface area (Å²) in [5.41, 5.74) is 5.03. The van der Waals surface area contributed by atoms with Crippen LogP contribution in [-0.2, 0) is 11.2 Å². The molecule has 0 atom stereocenters. The van der Waals surface area contributed by atoms with E-state index in [1.54, 1.807) is 0 Å². The summed E-state index contributed by atoms with van der Waals surface area (Å²) < 4.78 is 26.3. The van der Waals surface area contributed by atoms with Gasteiger partial charge in [-0.1, -0.05) is 13.8 Å². The van der Waals surface area contributed by atoms with Crippen LogP contribution in [0.2, 0.25) is 0 Å². The summed E-state index contributed by atoms with van der Waals surface area (Å²) in [6, 6.07) is 3.09. The van der Waals surface area contributed by atoms with Crippen molar-refractivity contribution >= 4 is 5.78 Å². The highest BCUT2D eigenvalue weighted by molar-refractivity contribution is 5.89. The first-order valence-corrected chi connectivity index (χ1v) is 5.69. The molecule has 0 bridgehead atoms. The predicted molar refractivity (Wildman–Crippen MR) is 62.6 cm³/mol. The summed E-state index contributed by atoms with van der Waals surface area (Å²) in [4.78, 5) is 11.9. The Balaban J connectivity index is 2.91. The van der Waals surface area contributed by atoms with Crippen LogP contribution in [0.25, 0.3) is 0 Å². The van der Waals surface area contributed by atoms with Gasteiger partial charge in [0.15, 0.2) is 5.78 Å². The summed E-state index contributed by atoms with van der Waals surface area (Å²) in [5.74, 6) is -1.38. The van der Waals surface area contributed by atoms with E-state index in [0.29, 0.717) is 12.8 Å². The van der Waals surface area contributed by atoms with Crippen molar-refractivity contribution in [2.24, 2.45) is 5.73 Å². The van der Waals surface area contributed by atoms with Gasteiger partial charge in [-0.15, -0.1) is 0 Å². The average Bonchev–Trinajstić information content (AvgIpc) is 2.32. The summed E-state index contributed by atoms with van der Waals surface area (Å²) in [6.07, 6.45) is 0.806. The first-order valence-electron chi connectivity index (χ1n) is 5.69. The quantitative estimate of drug-likeness (QED) is 0.861. The lowest BCUT2D eigenvalue weighted by molar-refractivity contribution is -0.123. The van der Waals surface area contributed by atoms with Crippen molar-refractivity contribution in [3.63, 3.8) is 0 Å². The second kappa shape index (κ2) is 5.36. The molecule has 17 heavy (non-hydrogen) atoms. The number of Topliss-reactive ketones (excluding diaryl/α,β-unsaturated/α-hetero) is 1. The molecule has 0 fully saturated rings. The van der Waals surface area contributed by atoms with Gasteiger partial charge in [-0.3, -0.25) is 4.79 Å². The molecular weight excluding hydrogens is 224 g/mol. The molecule has 0 aliphatic rings. The maximum atomic E-state index is 13.4. The minimum absolute atomic E-state index is 0.0618. The maximum absolute atomic E-state index is 13.4. The number of hydrogen-bond donors (Lipinski definition) is 1. The first-order chi connectivity index (χ1) is 7.92. The van der Waals surface area contributed by atoms with E-state index in [4.69, 9.17) is 5.73 Å². The molecule has 2 N–H and O–H groups in total. The van der Waals surface area contributed by atoms with Gasteiger partial charge in [0.1, 0.15) is 11.6 Å². The molecule has 0 saturated carbocycles. The van der Waals surface area contributed by atoms with E-state index in [-0.39, 0.29) is 17.8 Å². The largest absolute Gasteiger partial charge is 0.319 e. The van der Waals surface area contributed by atoms with Crippen LogP contribution in [0, 0.1) is 11.6 Å². The summed E-state index contributed by atoms with van der Waals surface area (Å²) in [5, 5.41) is 0. The van der Waals surface area contributed by atoms with E-state index in [9.17, 15) is 13.6 Å². The maximum Gasteiger partial charge on any atom is 0.157 e. The summed E-state index contributed by atoms with van der Waals surface area (Å²) in [6.45, 7) is 3.62. The van der Waals surface area contributed by atoms with Crippen LogP contribution >= 0.6 is 0 Å². The Morgan fingerprint density at radius 2 is 1.88 bits per heavy atom. The highest BCUT2D eigenvalue weighted by Crippen LogP contribution is 2.18. The molecular formula is C13H17F2NO. The van der Waals surface area contributed by atoms with Crippen LogP contribution in [0.1, 0.15) is 32.3 Å². The fraction of sp³-hybridized carbons (Fsp3) is 0.462. The molecule has 0 unspecified atom stereocenters. The Labute approximate surface area is 99.8 Å². The van der Waals surface area contributed by atoms with E-state index < -0.39 is 17.2 Å². The Bertz CT molecular complexity index is 414. The number of hydrogen-bond acceptors (Lipinski definition) is 2. The molecule has 0 saturated heterocycles. The van der Waals surface area contributed by atoms with Crippen LogP contribution in [0.15, 0.2) is 18.2 Å². The zero-order valence-electron chi connectivity index (χ0n) is 10.1. The SMILES string of the molecule is CCC(N)(CC)C(=O)Cc1cc(F)ccc1F. The van der Waals surface area contributed by atoms with Crippen molar-refractivity contribution < 1.29 is 13.6 Å². The first kappa shape index (κ1) is 13.8. The lowest BCUT2D eigenvalue weighted by Crippen LogP contribution is -2.47. The molecule has 2 nitrogen and oxygen atoms in total. The normalized spacial score (nSPS) is 11.6. The van der Waals surface area contributed by atoms with E-state index >= 15 is 0 Å². The van der Waals surface area contributed by atoms with Crippen molar-refractivity contribution in [1.29, 1.82) is 0 Å². The molecule has 1 rings (SSSR count). The molecule has 0 aliphatic heterocycles. The van der Waals surface area contributed by atoms with Crippen LogP contribution in [0.3, 0.4) is 0 Å². The van der Waals surface area contributed by atoms with Gasteiger partial charge < -0.3 is 5.73 Å². The standard InChI is InChI=1S/C13H17F2NO/c1-3-13(16,4-2)12(17)8-9-7-10(14)5-6-11(9)15/h5-7H,3-4,8,16H2,1-2H3. The summed E-state index contributed by atoms with van der Waals surface area (Å²) in [7, 11) is 0. The monoisotopic (exact) mass is 241 g/mol. The number of carbonyl (C=O) groups is 1. The van der Waals surface area contributed by atoms with Crippen LogP contribution in [0.5, 0.6) is 0 Å². The van der Waals surface area contributed by atoms with Gasteiger partial charge in [0.05, 0.1) is 5.54 Å². The third kappa shape index (κ3) is 3.09. The van der Waals surface area contributed by atoms with Gasteiger partial charge >= 0.3 is 0 Å². The second-order valence-electron chi connectivity index (χ2n) is 4.20. The van der Waals surface area contributed by atoms with Crippen LogP contribution in [-0.4, -0.2) is 11.3 Å². The Morgan fingerprint density at radius 3 is 2.41 bits per heavy atom. The third-order valence-electron chi connectivity index (χ3n) is 3.18. The Hall–Kier alpha value is -1.29. The lowest BCUT2D eigenvalue weighted by Gasteiger charge is -2.24. The Morgan fingerprint density at radius 1 is 1.29 bits per heavy atom. The van der Waals surface area contributed by atoms with E-state index in [1.807, 2.05) is 13.8 Å². The van der Waals surface area contributed by atoms with Crippen LogP contribution < -0.4 is 5.73 Å². The molecule has 0 radical (unpaired) electrons. The van der Waals surface area contributed by atoms with Gasteiger partial charge in [-0.05, 0) is 36.6 Å². The highest BCUT2D eigenvalue weighted by Gasteiger charge is 2.30. The van der Waals surface area contributed by atoms with Gasteiger partial charge in [0.2, 0.25) is 0 Å². The lowest BCUT2D eigenvalue weighted by atomic mass is 9.86. The van der Waals surface area contributed by atoms with Crippen molar-refractivity contribution in [3.8, 4) is 0 Å². The highest BCUT2D eigenvalue weighted by atomic mass is 19.1. The zero-order chi connectivity index (χ0) is 13.1. The molecule has 0 spiro atoms. The van der Waals surface area contributed by atoms with Gasteiger partial charge in [-0.25, -0.2) is 8.78 Å². The number of benzene rings is 1. The fourth-order valence-electron chi connectivity index (χ4n) is 1.67. The molecule has 0 heterocycles. The van der Waals surface area contributed by atoms with E-state index in [1.165, 1.54) is 0 Å².